The van der Waals surface area contributed by atoms with E-state index in [1.807, 2.05) is 13.0 Å². The summed E-state index contributed by atoms with van der Waals surface area (Å²) in [6, 6.07) is 10.2. The molecule has 1 aromatic heterocycles. The smallest absolute Gasteiger partial charge is 0.243 e. The van der Waals surface area contributed by atoms with Gasteiger partial charge in [-0.05, 0) is 36.2 Å². The summed E-state index contributed by atoms with van der Waals surface area (Å²) < 4.78 is 27.0. The summed E-state index contributed by atoms with van der Waals surface area (Å²) in [7, 11) is -3.74. The number of aryl methyl sites for hydroxylation is 1. The Labute approximate surface area is 141 Å². The van der Waals surface area contributed by atoms with E-state index < -0.39 is 10.0 Å². The van der Waals surface area contributed by atoms with Gasteiger partial charge in [0.2, 0.25) is 10.0 Å². The zero-order valence-corrected chi connectivity index (χ0v) is 14.2. The molecule has 0 unspecified atom stereocenters. The van der Waals surface area contributed by atoms with Crippen molar-refractivity contribution < 1.29 is 8.42 Å². The van der Waals surface area contributed by atoms with Gasteiger partial charge in [-0.3, -0.25) is 4.98 Å². The molecule has 7 heteroatoms. The van der Waals surface area contributed by atoms with Crippen LogP contribution in [0.5, 0.6) is 0 Å². The molecule has 0 amide bonds. The lowest BCUT2D eigenvalue weighted by Gasteiger charge is -2.21. The van der Waals surface area contributed by atoms with Gasteiger partial charge in [-0.25, -0.2) is 8.42 Å². The first-order valence-corrected chi connectivity index (χ1v) is 8.79. The third-order valence-electron chi connectivity index (χ3n) is 3.34. The average molecular weight is 350 g/mol. The van der Waals surface area contributed by atoms with E-state index in [1.165, 1.54) is 16.4 Å². The molecule has 5 nitrogen and oxygen atoms in total. The highest BCUT2D eigenvalue weighted by molar-refractivity contribution is 7.89. The number of sulfonamides is 1. The molecule has 0 aliphatic heterocycles. The summed E-state index contributed by atoms with van der Waals surface area (Å²) >= 11 is 6.04. The van der Waals surface area contributed by atoms with Crippen molar-refractivity contribution in [3.63, 3.8) is 0 Å². The number of halogens is 1. The lowest BCUT2D eigenvalue weighted by molar-refractivity contribution is 0.413. The summed E-state index contributed by atoms with van der Waals surface area (Å²) in [5.41, 5.74) is 1.56. The maximum atomic E-state index is 12.8. The largest absolute Gasteiger partial charge is 0.264 e. The summed E-state index contributed by atoms with van der Waals surface area (Å²) in [5, 5.41) is 9.19. The van der Waals surface area contributed by atoms with Crippen LogP contribution in [0.15, 0.2) is 47.6 Å². The van der Waals surface area contributed by atoms with Crippen LogP contribution < -0.4 is 0 Å². The van der Waals surface area contributed by atoms with Crippen molar-refractivity contribution in [3.05, 3.63) is 58.9 Å². The second-order valence-electron chi connectivity index (χ2n) is 5.02. The van der Waals surface area contributed by atoms with Crippen LogP contribution in [-0.2, 0) is 16.6 Å². The fraction of sp³-hybridized carbons (Fsp3) is 0.250. The Morgan fingerprint density at radius 3 is 2.74 bits per heavy atom. The van der Waals surface area contributed by atoms with E-state index in [9.17, 15) is 8.42 Å². The number of nitriles is 1. The molecule has 0 saturated heterocycles. The van der Waals surface area contributed by atoms with Gasteiger partial charge in [0, 0.05) is 36.9 Å². The Morgan fingerprint density at radius 1 is 1.35 bits per heavy atom. The molecule has 2 aromatic rings. The van der Waals surface area contributed by atoms with Gasteiger partial charge in [-0.2, -0.15) is 9.57 Å². The number of hydrogen-bond donors (Lipinski definition) is 0. The normalized spacial score (nSPS) is 11.4. The predicted octanol–water partition coefficient (Wildman–Crippen LogP) is 3.15. The minimum Gasteiger partial charge on any atom is -0.264 e. The van der Waals surface area contributed by atoms with Crippen molar-refractivity contribution >= 4 is 21.6 Å². The Hall–Kier alpha value is -1.94. The number of rotatable bonds is 6. The molecular weight excluding hydrogens is 334 g/mol. The highest BCUT2D eigenvalue weighted by Gasteiger charge is 2.25. The molecule has 0 aliphatic carbocycles. The van der Waals surface area contributed by atoms with E-state index in [4.69, 9.17) is 16.9 Å². The number of pyridine rings is 1. The van der Waals surface area contributed by atoms with Crippen LogP contribution in [0.25, 0.3) is 0 Å². The molecule has 0 bridgehead atoms. The van der Waals surface area contributed by atoms with E-state index in [2.05, 4.69) is 4.98 Å². The first kappa shape index (κ1) is 17.4. The van der Waals surface area contributed by atoms with Crippen LogP contribution in [0.4, 0.5) is 0 Å². The van der Waals surface area contributed by atoms with Crippen molar-refractivity contribution in [2.24, 2.45) is 0 Å². The lowest BCUT2D eigenvalue weighted by atomic mass is 10.2. The van der Waals surface area contributed by atoms with Crippen molar-refractivity contribution in [2.75, 3.05) is 6.54 Å². The fourth-order valence-corrected chi connectivity index (χ4v) is 3.74. The number of hydrogen-bond acceptors (Lipinski definition) is 4. The molecule has 1 aromatic carbocycles. The van der Waals surface area contributed by atoms with Gasteiger partial charge in [-0.1, -0.05) is 23.7 Å². The number of benzene rings is 1. The SMILES string of the molecule is Cc1ccc(S(=O)(=O)N(CCC#N)Cc2cccnc2)cc1Cl. The lowest BCUT2D eigenvalue weighted by Crippen LogP contribution is -2.31. The molecule has 120 valence electrons. The summed E-state index contributed by atoms with van der Waals surface area (Å²) in [6.45, 7) is 2.07. The van der Waals surface area contributed by atoms with Gasteiger partial charge in [0.05, 0.1) is 11.0 Å². The highest BCUT2D eigenvalue weighted by Crippen LogP contribution is 2.24. The van der Waals surface area contributed by atoms with Crippen LogP contribution in [-0.4, -0.2) is 24.3 Å². The van der Waals surface area contributed by atoms with Crippen LogP contribution >= 0.6 is 11.6 Å². The fourth-order valence-electron chi connectivity index (χ4n) is 2.04. The summed E-state index contributed by atoms with van der Waals surface area (Å²) in [6.07, 6.45) is 3.34. The zero-order valence-electron chi connectivity index (χ0n) is 12.6. The first-order chi connectivity index (χ1) is 10.9. The zero-order chi connectivity index (χ0) is 16.9. The maximum absolute atomic E-state index is 12.8. The van der Waals surface area contributed by atoms with Crippen LogP contribution in [0, 0.1) is 18.3 Å². The molecule has 0 N–H and O–H groups in total. The Bertz CT molecular complexity index is 817. The second-order valence-corrected chi connectivity index (χ2v) is 7.36. The molecule has 0 aliphatic rings. The van der Waals surface area contributed by atoms with Gasteiger partial charge in [0.25, 0.3) is 0 Å². The quantitative estimate of drug-likeness (QED) is 0.802. The van der Waals surface area contributed by atoms with Gasteiger partial charge >= 0.3 is 0 Å². The van der Waals surface area contributed by atoms with Crippen LogP contribution in [0.1, 0.15) is 17.5 Å². The van der Waals surface area contributed by atoms with Gasteiger partial charge in [0.1, 0.15) is 0 Å². The second kappa shape index (κ2) is 7.55. The van der Waals surface area contributed by atoms with Crippen molar-refractivity contribution in [3.8, 4) is 6.07 Å². The maximum Gasteiger partial charge on any atom is 0.243 e. The third kappa shape index (κ3) is 4.29. The van der Waals surface area contributed by atoms with E-state index in [1.54, 1.807) is 30.6 Å². The van der Waals surface area contributed by atoms with Crippen molar-refractivity contribution in [2.45, 2.75) is 24.8 Å². The molecule has 0 radical (unpaired) electrons. The molecule has 23 heavy (non-hydrogen) atoms. The van der Waals surface area contributed by atoms with Gasteiger partial charge < -0.3 is 0 Å². The molecule has 0 fully saturated rings. The molecular formula is C16H16ClN3O2S. The van der Waals surface area contributed by atoms with Crippen LogP contribution in [0.3, 0.4) is 0 Å². The minimum absolute atomic E-state index is 0.110. The van der Waals surface area contributed by atoms with E-state index in [-0.39, 0.29) is 24.4 Å². The molecule has 0 atom stereocenters. The van der Waals surface area contributed by atoms with E-state index in [0.29, 0.717) is 5.02 Å². The molecule has 0 spiro atoms. The molecule has 2 rings (SSSR count). The Morgan fingerprint density at radius 2 is 2.13 bits per heavy atom. The van der Waals surface area contributed by atoms with E-state index in [0.717, 1.165) is 11.1 Å². The van der Waals surface area contributed by atoms with Gasteiger partial charge in [-0.15, -0.1) is 0 Å². The average Bonchev–Trinajstić information content (AvgIpc) is 2.54. The van der Waals surface area contributed by atoms with Crippen molar-refractivity contribution in [1.29, 1.82) is 5.26 Å². The van der Waals surface area contributed by atoms with Crippen molar-refractivity contribution in [1.82, 2.24) is 9.29 Å². The molecule has 1 heterocycles. The summed E-state index contributed by atoms with van der Waals surface area (Å²) in [4.78, 5) is 4.11. The highest BCUT2D eigenvalue weighted by atomic mass is 35.5. The number of nitrogens with zero attached hydrogens (tertiary/aromatic N) is 3. The Balaban J connectivity index is 2.36. The first-order valence-electron chi connectivity index (χ1n) is 6.97. The van der Waals surface area contributed by atoms with E-state index >= 15 is 0 Å². The monoisotopic (exact) mass is 349 g/mol. The Kier molecular flexibility index (Phi) is 5.72. The summed E-state index contributed by atoms with van der Waals surface area (Å²) in [5.74, 6) is 0. The minimum atomic E-state index is -3.74. The van der Waals surface area contributed by atoms with Gasteiger partial charge in [0.15, 0.2) is 0 Å². The van der Waals surface area contributed by atoms with Crippen LogP contribution in [0.2, 0.25) is 5.02 Å². The molecule has 0 saturated carbocycles. The predicted molar refractivity (Wildman–Crippen MR) is 88.3 cm³/mol. The third-order valence-corrected chi connectivity index (χ3v) is 5.58. The number of aromatic nitrogens is 1. The standard InChI is InChI=1S/C16H16ClN3O2S/c1-13-5-6-15(10-16(13)17)23(21,22)20(9-3-7-18)12-14-4-2-8-19-11-14/h2,4-6,8,10-11H,3,9,12H2,1H3. The topological polar surface area (TPSA) is 74.1 Å².